The van der Waals surface area contributed by atoms with E-state index < -0.39 is 21.4 Å². The first-order valence-corrected chi connectivity index (χ1v) is 12.4. The molecule has 1 aromatic heterocycles. The van der Waals surface area contributed by atoms with Crippen molar-refractivity contribution in [2.45, 2.75) is 12.3 Å². The van der Waals surface area contributed by atoms with E-state index in [9.17, 15) is 28.5 Å². The molecule has 14 nitrogen and oxygen atoms in total. The van der Waals surface area contributed by atoms with Gasteiger partial charge in [-0.1, -0.05) is 0 Å². The summed E-state index contributed by atoms with van der Waals surface area (Å²) in [5.74, 6) is -0.656. The van der Waals surface area contributed by atoms with Crippen molar-refractivity contribution in [2.75, 3.05) is 67.7 Å². The molecular formula is C20H29N7O7S. The first kappa shape index (κ1) is 26.5. The molecule has 5 N–H and O–H groups in total. The smallest absolute Gasteiger partial charge is 0.335 e. The number of benzene rings is 1. The second-order valence-corrected chi connectivity index (χ2v) is 9.85. The van der Waals surface area contributed by atoms with Gasteiger partial charge in [0.25, 0.3) is 0 Å². The molecule has 15 heteroatoms. The van der Waals surface area contributed by atoms with Gasteiger partial charge in [-0.2, -0.15) is 19.3 Å². The second-order valence-electron chi connectivity index (χ2n) is 7.67. The number of aromatic carboxylic acids is 1. The first-order chi connectivity index (χ1) is 16.7. The Bertz CT molecular complexity index is 1110. The summed E-state index contributed by atoms with van der Waals surface area (Å²) in [7, 11) is -3.25. The highest BCUT2D eigenvalue weighted by atomic mass is 32.2. The van der Waals surface area contributed by atoms with Gasteiger partial charge in [0, 0.05) is 38.4 Å². The summed E-state index contributed by atoms with van der Waals surface area (Å²) < 4.78 is 25.0. The minimum Gasteiger partial charge on any atom is -0.478 e. The molecule has 0 saturated carbocycles. The van der Waals surface area contributed by atoms with Crippen molar-refractivity contribution in [1.82, 2.24) is 19.3 Å². The van der Waals surface area contributed by atoms with Gasteiger partial charge in [0.1, 0.15) is 5.37 Å². The number of carboxylic acids is 1. The topological polar surface area (TPSA) is 192 Å². The van der Waals surface area contributed by atoms with Gasteiger partial charge in [-0.05, 0) is 31.2 Å². The van der Waals surface area contributed by atoms with E-state index >= 15 is 0 Å². The number of hydrogen-bond donors (Lipinski definition) is 5. The molecule has 2 atom stereocenters. The number of aliphatic hydroxyl groups excluding tert-OH is 3. The third kappa shape index (κ3) is 6.52. The average molecular weight is 512 g/mol. The molecule has 0 spiro atoms. The Hall–Kier alpha value is -3.11. The van der Waals surface area contributed by atoms with E-state index in [4.69, 9.17) is 5.11 Å². The number of hydrogen-bond acceptors (Lipinski definition) is 12. The molecule has 192 valence electrons. The number of nitrogens with one attached hydrogen (secondary N) is 1. The van der Waals surface area contributed by atoms with Crippen LogP contribution in [0.2, 0.25) is 0 Å². The van der Waals surface area contributed by atoms with Gasteiger partial charge in [0.2, 0.25) is 27.9 Å². The number of carbonyl (C=O) groups is 1. The lowest BCUT2D eigenvalue weighted by Crippen LogP contribution is -2.36. The second kappa shape index (κ2) is 11.5. The number of aliphatic hydroxyl groups is 3. The number of anilines is 4. The normalized spacial score (nSPS) is 18.2. The number of aromatic nitrogens is 3. The Morgan fingerprint density at radius 2 is 1.43 bits per heavy atom. The summed E-state index contributed by atoms with van der Waals surface area (Å²) in [4.78, 5) is 27.5. The largest absolute Gasteiger partial charge is 0.478 e. The Labute approximate surface area is 202 Å². The number of carboxylic acid groups (broad SMARTS) is 1. The van der Waals surface area contributed by atoms with Gasteiger partial charge in [-0.3, -0.25) is 0 Å². The van der Waals surface area contributed by atoms with Crippen molar-refractivity contribution in [3.63, 3.8) is 0 Å². The van der Waals surface area contributed by atoms with E-state index in [1.165, 1.54) is 16.4 Å². The fourth-order valence-electron chi connectivity index (χ4n) is 3.38. The highest BCUT2D eigenvalue weighted by molar-refractivity contribution is 7.95. The van der Waals surface area contributed by atoms with Crippen LogP contribution in [0.1, 0.15) is 17.3 Å². The molecule has 3 rings (SSSR count). The van der Waals surface area contributed by atoms with Crippen molar-refractivity contribution in [3.8, 4) is 0 Å². The molecule has 2 aromatic rings. The Balaban J connectivity index is 1.92. The monoisotopic (exact) mass is 511 g/mol. The minimum absolute atomic E-state index is 0.101. The average Bonchev–Trinajstić information content (AvgIpc) is 3.31. The molecule has 0 bridgehead atoms. The highest BCUT2D eigenvalue weighted by Gasteiger charge is 2.50. The predicted molar refractivity (Wildman–Crippen MR) is 127 cm³/mol. The summed E-state index contributed by atoms with van der Waals surface area (Å²) in [5, 5.41) is 39.9. The maximum Gasteiger partial charge on any atom is 0.335 e. The third-order valence-electron chi connectivity index (χ3n) is 5.38. The molecular weight excluding hydrogens is 482 g/mol. The van der Waals surface area contributed by atoms with Gasteiger partial charge < -0.3 is 35.5 Å². The molecule has 2 unspecified atom stereocenters. The van der Waals surface area contributed by atoms with Gasteiger partial charge in [-0.25, -0.2) is 13.2 Å². The van der Waals surface area contributed by atoms with Gasteiger partial charge in [-0.15, -0.1) is 0 Å². The zero-order valence-corrected chi connectivity index (χ0v) is 20.0. The van der Waals surface area contributed by atoms with E-state index in [-0.39, 0.29) is 76.0 Å². The van der Waals surface area contributed by atoms with E-state index in [0.29, 0.717) is 5.69 Å². The van der Waals surface area contributed by atoms with Gasteiger partial charge >= 0.3 is 5.97 Å². The zero-order valence-electron chi connectivity index (χ0n) is 19.1. The maximum absolute atomic E-state index is 11.8. The van der Waals surface area contributed by atoms with E-state index in [1.807, 2.05) is 0 Å². The SMILES string of the molecule is CC1N(CCN(CCO)c2nc(Nc3ccc(C(=O)O)cc3)nc(N(CCO)CCO)n2)S1(=O)=O. The minimum atomic E-state index is -3.25. The molecule has 0 amide bonds. The number of nitrogens with zero attached hydrogens (tertiary/aromatic N) is 6. The van der Waals surface area contributed by atoms with Crippen molar-refractivity contribution in [2.24, 2.45) is 0 Å². The van der Waals surface area contributed by atoms with Crippen molar-refractivity contribution < 1.29 is 33.6 Å². The predicted octanol–water partition coefficient (Wildman–Crippen LogP) is -1.11. The van der Waals surface area contributed by atoms with Crippen LogP contribution in [0.25, 0.3) is 0 Å². The quantitative estimate of drug-likeness (QED) is 0.192. The highest BCUT2D eigenvalue weighted by Crippen LogP contribution is 2.29. The standard InChI is InChI=1S/C20H29N7O7S/c1-14-27(35(14,33)34)7-6-25(8-11-28)19-22-18(21-16-4-2-15(3-5-16)17(31)32)23-20(24-19)26(9-12-29)10-13-30/h2-5,14,28-30H,6-13H2,1H3,(H,31,32)(H,21,22,23,24). The molecule has 0 radical (unpaired) electrons. The summed E-state index contributed by atoms with van der Waals surface area (Å²) in [6.45, 7) is 1.71. The fraction of sp³-hybridized carbons (Fsp3) is 0.500. The molecule has 2 heterocycles. The Morgan fingerprint density at radius 3 is 1.86 bits per heavy atom. The van der Waals surface area contributed by atoms with Crippen LogP contribution in [0, 0.1) is 0 Å². The van der Waals surface area contributed by atoms with Crippen LogP contribution in [0.3, 0.4) is 0 Å². The summed E-state index contributed by atoms with van der Waals surface area (Å²) in [6.07, 6.45) is 0. The Kier molecular flexibility index (Phi) is 8.74. The Morgan fingerprint density at radius 1 is 0.943 bits per heavy atom. The lowest BCUT2D eigenvalue weighted by Gasteiger charge is -2.25. The van der Waals surface area contributed by atoms with Gasteiger partial charge in [0.05, 0.1) is 25.4 Å². The third-order valence-corrected chi connectivity index (χ3v) is 7.44. The lowest BCUT2D eigenvalue weighted by atomic mass is 10.2. The summed E-state index contributed by atoms with van der Waals surface area (Å²) in [6, 6.07) is 5.93. The van der Waals surface area contributed by atoms with Crippen LogP contribution in [-0.2, 0) is 10.0 Å². The molecule has 1 fully saturated rings. The molecule has 1 saturated heterocycles. The lowest BCUT2D eigenvalue weighted by molar-refractivity contribution is 0.0697. The molecule has 0 aliphatic carbocycles. The van der Waals surface area contributed by atoms with Crippen LogP contribution < -0.4 is 15.1 Å². The van der Waals surface area contributed by atoms with Crippen molar-refractivity contribution >= 4 is 39.5 Å². The first-order valence-electron chi connectivity index (χ1n) is 10.9. The van der Waals surface area contributed by atoms with E-state index in [2.05, 4.69) is 20.3 Å². The zero-order chi connectivity index (χ0) is 25.6. The molecule has 1 aliphatic heterocycles. The molecule has 1 aliphatic rings. The van der Waals surface area contributed by atoms with Gasteiger partial charge in [0.15, 0.2) is 0 Å². The number of sulfonamides is 1. The van der Waals surface area contributed by atoms with Crippen LogP contribution in [0.5, 0.6) is 0 Å². The van der Waals surface area contributed by atoms with E-state index in [0.717, 1.165) is 0 Å². The van der Waals surface area contributed by atoms with Crippen LogP contribution >= 0.6 is 0 Å². The number of rotatable bonds is 14. The fourth-order valence-corrected chi connectivity index (χ4v) is 4.74. The van der Waals surface area contributed by atoms with E-state index in [1.54, 1.807) is 28.9 Å². The molecule has 35 heavy (non-hydrogen) atoms. The van der Waals surface area contributed by atoms with Crippen LogP contribution in [0.15, 0.2) is 24.3 Å². The summed E-state index contributed by atoms with van der Waals surface area (Å²) >= 11 is 0. The maximum atomic E-state index is 11.8. The molecule has 1 aromatic carbocycles. The van der Waals surface area contributed by atoms with Crippen LogP contribution in [-0.4, -0.2) is 112 Å². The van der Waals surface area contributed by atoms with Crippen molar-refractivity contribution in [1.29, 1.82) is 0 Å². The summed E-state index contributed by atoms with van der Waals surface area (Å²) in [5.41, 5.74) is 0.615. The van der Waals surface area contributed by atoms with Crippen LogP contribution in [0.4, 0.5) is 23.5 Å². The van der Waals surface area contributed by atoms with Crippen molar-refractivity contribution in [3.05, 3.63) is 29.8 Å².